The summed E-state index contributed by atoms with van der Waals surface area (Å²) in [6, 6.07) is 16.9. The van der Waals surface area contributed by atoms with E-state index in [0.717, 1.165) is 11.4 Å². The fraction of sp³-hybridized carbons (Fsp3) is 0.0952. The van der Waals surface area contributed by atoms with Gasteiger partial charge in [0.25, 0.3) is 5.56 Å². The summed E-state index contributed by atoms with van der Waals surface area (Å²) in [6.07, 6.45) is 2.57. The minimum Gasteiger partial charge on any atom is -0.542 e. The smallest absolute Gasteiger partial charge is 0.542 e. The second-order valence-electron chi connectivity index (χ2n) is 5.82. The van der Waals surface area contributed by atoms with E-state index < -0.39 is 11.9 Å². The van der Waals surface area contributed by atoms with Crippen molar-refractivity contribution in [3.05, 3.63) is 101 Å². The average molecular weight is 474 g/mol. The summed E-state index contributed by atoms with van der Waals surface area (Å²) in [5.74, 6) is -2.83. The van der Waals surface area contributed by atoms with Crippen LogP contribution >= 0.6 is 0 Å². The normalized spacial score (nSPS) is 9.35. The summed E-state index contributed by atoms with van der Waals surface area (Å²) in [5, 5.41) is 19.7. The van der Waals surface area contributed by atoms with Gasteiger partial charge >= 0.3 is 17.1 Å². The number of carboxylic acid groups (broad SMARTS) is 2. The van der Waals surface area contributed by atoms with E-state index in [-0.39, 0.29) is 34.1 Å². The third-order valence-corrected chi connectivity index (χ3v) is 3.80. The quantitative estimate of drug-likeness (QED) is 0.401. The van der Waals surface area contributed by atoms with Crippen LogP contribution in [0.15, 0.2) is 86.8 Å². The maximum absolute atomic E-state index is 11.6. The molecule has 165 valence electrons. The standard InChI is InChI=1S/C11H12N2O.2C5H4O3.Cu/c1-9-8-11(14)13(12(9)2)10-6-4-3-5-7-10;2*6-5(7)4-2-1-3-8-4;/h3-8H,1-2H3;2*1-3H,(H,6,7);/q;;;+2/p-2. The molecule has 4 aromatic rings. The predicted octanol–water partition coefficient (Wildman–Crippen LogP) is 0.768. The van der Waals surface area contributed by atoms with Crippen molar-refractivity contribution in [2.24, 2.45) is 7.05 Å². The number of nitrogens with zero attached hydrogens (tertiary/aromatic N) is 2. The van der Waals surface area contributed by atoms with E-state index in [1.807, 2.05) is 49.0 Å². The van der Waals surface area contributed by atoms with E-state index in [2.05, 4.69) is 8.83 Å². The van der Waals surface area contributed by atoms with E-state index in [9.17, 15) is 24.6 Å². The summed E-state index contributed by atoms with van der Waals surface area (Å²) < 4.78 is 12.4. The van der Waals surface area contributed by atoms with Crippen LogP contribution in [0.2, 0.25) is 0 Å². The first-order valence-electron chi connectivity index (χ1n) is 8.62. The molecule has 0 aliphatic heterocycles. The van der Waals surface area contributed by atoms with Crippen LogP contribution in [0.5, 0.6) is 0 Å². The number of benzene rings is 1. The van der Waals surface area contributed by atoms with Crippen LogP contribution in [0.3, 0.4) is 0 Å². The molecule has 0 saturated carbocycles. The fourth-order valence-corrected chi connectivity index (χ4v) is 2.30. The summed E-state index contributed by atoms with van der Waals surface area (Å²) in [4.78, 5) is 31.3. The Morgan fingerprint density at radius 2 is 1.32 bits per heavy atom. The van der Waals surface area contributed by atoms with Gasteiger partial charge in [-0.2, -0.15) is 0 Å². The number of furan rings is 2. The Morgan fingerprint density at radius 1 is 0.839 bits per heavy atom. The van der Waals surface area contributed by atoms with Gasteiger partial charge < -0.3 is 28.6 Å². The summed E-state index contributed by atoms with van der Waals surface area (Å²) in [7, 11) is 1.88. The molecule has 0 spiro atoms. The molecule has 0 unspecified atom stereocenters. The molecule has 3 heterocycles. The molecule has 0 N–H and O–H groups in total. The SMILES string of the molecule is Cc1cc(=O)n(-c2ccccc2)n1C.O=C([O-])c1ccco1.O=C([O-])c1ccco1.[Cu+2]. The number of aromatic carboxylic acids is 2. The number of carbonyl (C=O) groups is 2. The Kier molecular flexibility index (Phi) is 9.84. The van der Waals surface area contributed by atoms with Gasteiger partial charge in [0.05, 0.1) is 18.2 Å². The number of para-hydroxylation sites is 1. The van der Waals surface area contributed by atoms with Crippen molar-refractivity contribution in [2.75, 3.05) is 0 Å². The van der Waals surface area contributed by atoms with Gasteiger partial charge in [-0.15, -0.1) is 0 Å². The maximum Gasteiger partial charge on any atom is 2.00 e. The number of aryl methyl sites for hydroxylation is 1. The van der Waals surface area contributed by atoms with E-state index in [1.165, 1.54) is 36.8 Å². The van der Waals surface area contributed by atoms with Crippen molar-refractivity contribution in [1.82, 2.24) is 9.36 Å². The molecule has 9 nitrogen and oxygen atoms in total. The van der Waals surface area contributed by atoms with Crippen molar-refractivity contribution in [2.45, 2.75) is 6.92 Å². The number of carboxylic acids is 2. The molecule has 0 fully saturated rings. The molecule has 31 heavy (non-hydrogen) atoms. The molecule has 0 atom stereocenters. The van der Waals surface area contributed by atoms with Gasteiger partial charge in [-0.1, -0.05) is 18.2 Å². The van der Waals surface area contributed by atoms with Gasteiger partial charge in [0.2, 0.25) is 0 Å². The molecule has 3 aromatic heterocycles. The van der Waals surface area contributed by atoms with E-state index >= 15 is 0 Å². The molecule has 1 radical (unpaired) electrons. The molecule has 0 saturated heterocycles. The Morgan fingerprint density at radius 3 is 1.61 bits per heavy atom. The number of hydrogen-bond donors (Lipinski definition) is 0. The van der Waals surface area contributed by atoms with Crippen LogP contribution in [-0.4, -0.2) is 21.3 Å². The second-order valence-corrected chi connectivity index (χ2v) is 5.82. The van der Waals surface area contributed by atoms with Crippen LogP contribution in [0, 0.1) is 6.92 Å². The first-order chi connectivity index (χ1) is 14.3. The topological polar surface area (TPSA) is 133 Å². The van der Waals surface area contributed by atoms with Crippen molar-refractivity contribution >= 4 is 11.9 Å². The van der Waals surface area contributed by atoms with Crippen molar-refractivity contribution in [1.29, 1.82) is 0 Å². The number of aromatic nitrogens is 2. The molecule has 0 bridgehead atoms. The van der Waals surface area contributed by atoms with Crippen LogP contribution < -0.4 is 15.8 Å². The molecule has 1 aromatic carbocycles. The average Bonchev–Trinajstić information content (AvgIpc) is 3.47. The molecular formula is C21H18CuN2O7. The van der Waals surface area contributed by atoms with Gasteiger partial charge in [-0.25, -0.2) is 4.68 Å². The first-order valence-corrected chi connectivity index (χ1v) is 8.62. The first kappa shape index (κ1) is 25.3. The Balaban J connectivity index is 0.000000245. The molecule has 0 aliphatic rings. The summed E-state index contributed by atoms with van der Waals surface area (Å²) in [5.41, 5.74) is 1.86. The van der Waals surface area contributed by atoms with Gasteiger partial charge in [0.15, 0.2) is 0 Å². The molecule has 4 rings (SSSR count). The molecule has 10 heteroatoms. The van der Waals surface area contributed by atoms with Crippen LogP contribution in [0.4, 0.5) is 0 Å². The van der Waals surface area contributed by atoms with Gasteiger partial charge in [0.1, 0.15) is 23.5 Å². The van der Waals surface area contributed by atoms with E-state index in [0.29, 0.717) is 0 Å². The van der Waals surface area contributed by atoms with E-state index in [4.69, 9.17) is 0 Å². The largest absolute Gasteiger partial charge is 2.00 e. The zero-order valence-electron chi connectivity index (χ0n) is 16.5. The third-order valence-electron chi connectivity index (χ3n) is 3.80. The zero-order chi connectivity index (χ0) is 22.1. The predicted molar refractivity (Wildman–Crippen MR) is 102 cm³/mol. The summed E-state index contributed by atoms with van der Waals surface area (Å²) >= 11 is 0. The van der Waals surface area contributed by atoms with Crippen molar-refractivity contribution in [3.63, 3.8) is 0 Å². The third kappa shape index (κ3) is 7.22. The summed E-state index contributed by atoms with van der Waals surface area (Å²) in [6.45, 7) is 1.92. The van der Waals surface area contributed by atoms with Crippen molar-refractivity contribution < 1.29 is 45.7 Å². The zero-order valence-corrected chi connectivity index (χ0v) is 17.4. The van der Waals surface area contributed by atoms with Gasteiger partial charge in [-0.3, -0.25) is 9.48 Å². The minimum atomic E-state index is -1.28. The van der Waals surface area contributed by atoms with Gasteiger partial charge in [0, 0.05) is 18.8 Å². The Labute approximate surface area is 187 Å². The monoisotopic (exact) mass is 473 g/mol. The number of hydrogen-bond acceptors (Lipinski definition) is 7. The van der Waals surface area contributed by atoms with Crippen LogP contribution in [-0.2, 0) is 24.1 Å². The fourth-order valence-electron chi connectivity index (χ4n) is 2.30. The van der Waals surface area contributed by atoms with E-state index in [1.54, 1.807) is 10.7 Å². The van der Waals surface area contributed by atoms with Gasteiger partial charge in [-0.05, 0) is 43.3 Å². The minimum absolute atomic E-state index is 0. The Bertz CT molecular complexity index is 1080. The number of rotatable bonds is 3. The van der Waals surface area contributed by atoms with Crippen molar-refractivity contribution in [3.8, 4) is 5.69 Å². The van der Waals surface area contributed by atoms with Crippen LogP contribution in [0.1, 0.15) is 26.8 Å². The van der Waals surface area contributed by atoms with Crippen LogP contribution in [0.25, 0.3) is 5.69 Å². The second kappa shape index (κ2) is 12.1. The molecule has 0 amide bonds. The molecular weight excluding hydrogens is 456 g/mol. The maximum atomic E-state index is 11.6. The molecule has 0 aliphatic carbocycles. The number of carbonyl (C=O) groups excluding carboxylic acids is 2. The Hall–Kier alpha value is -3.75.